The molecular weight excluding hydrogens is 254 g/mol. The van der Waals surface area contributed by atoms with Crippen molar-refractivity contribution in [1.29, 1.82) is 0 Å². The molecular formula is C10H17N5O4. The molecule has 1 atom stereocenters. The van der Waals surface area contributed by atoms with E-state index in [1.165, 1.54) is 7.05 Å². The highest BCUT2D eigenvalue weighted by Gasteiger charge is 2.18. The van der Waals surface area contributed by atoms with Gasteiger partial charge in [0.25, 0.3) is 11.8 Å². The van der Waals surface area contributed by atoms with Gasteiger partial charge in [-0.25, -0.2) is 5.84 Å². The van der Waals surface area contributed by atoms with Crippen molar-refractivity contribution in [1.82, 2.24) is 10.3 Å². The van der Waals surface area contributed by atoms with Crippen LogP contribution in [0.25, 0.3) is 0 Å². The molecule has 0 spiro atoms. The molecule has 0 aliphatic heterocycles. The lowest BCUT2D eigenvalue weighted by molar-refractivity contribution is -0.136. The van der Waals surface area contributed by atoms with Gasteiger partial charge in [0.1, 0.15) is 12.0 Å². The number of nitrogens with zero attached hydrogens (tertiary/aromatic N) is 1. The summed E-state index contributed by atoms with van der Waals surface area (Å²) in [4.78, 5) is 43.9. The van der Waals surface area contributed by atoms with Crippen molar-refractivity contribution in [3.8, 4) is 0 Å². The van der Waals surface area contributed by atoms with E-state index in [2.05, 4.69) is 5.32 Å². The van der Waals surface area contributed by atoms with Crippen LogP contribution in [0.15, 0.2) is 11.9 Å². The molecule has 7 N–H and O–H groups in total. The molecule has 0 radical (unpaired) electrons. The minimum atomic E-state index is -1.08. The Morgan fingerprint density at radius 2 is 1.95 bits per heavy atom. The van der Waals surface area contributed by atoms with Gasteiger partial charge in [-0.1, -0.05) is 0 Å². The molecule has 106 valence electrons. The molecule has 0 aliphatic rings. The second-order valence-electron chi connectivity index (χ2n) is 3.70. The summed E-state index contributed by atoms with van der Waals surface area (Å²) in [6.07, 6.45) is 1.14. The van der Waals surface area contributed by atoms with Gasteiger partial charge in [-0.3, -0.25) is 14.4 Å². The third-order valence-corrected chi connectivity index (χ3v) is 2.21. The van der Waals surface area contributed by atoms with Crippen LogP contribution in [0, 0.1) is 0 Å². The quantitative estimate of drug-likeness (QED) is 0.121. The predicted molar refractivity (Wildman–Crippen MR) is 65.7 cm³/mol. The van der Waals surface area contributed by atoms with E-state index in [1.54, 1.807) is 0 Å². The van der Waals surface area contributed by atoms with Crippen molar-refractivity contribution in [3.05, 3.63) is 11.9 Å². The fourth-order valence-corrected chi connectivity index (χ4v) is 1.18. The predicted octanol–water partition coefficient (Wildman–Crippen LogP) is -2.89. The minimum absolute atomic E-state index is 0.0385. The molecule has 9 heteroatoms. The van der Waals surface area contributed by atoms with Gasteiger partial charge >= 0.3 is 0 Å². The summed E-state index contributed by atoms with van der Waals surface area (Å²) in [5.41, 5.74) is 9.92. The second kappa shape index (κ2) is 7.82. The Bertz CT molecular complexity index is 405. The Labute approximate surface area is 109 Å². The van der Waals surface area contributed by atoms with Crippen molar-refractivity contribution in [2.75, 3.05) is 7.05 Å². The molecule has 1 unspecified atom stereocenters. The highest BCUT2D eigenvalue weighted by atomic mass is 16.2. The number of Topliss-reactive ketones (excluding diaryl/α,β-unsaturated/α-hetero) is 1. The maximum atomic E-state index is 11.6. The first-order chi connectivity index (χ1) is 8.83. The Hall–Kier alpha value is -2.42. The monoisotopic (exact) mass is 271 g/mol. The molecule has 0 aromatic carbocycles. The maximum Gasteiger partial charge on any atom is 0.284 e. The van der Waals surface area contributed by atoms with Crippen molar-refractivity contribution in [2.24, 2.45) is 17.3 Å². The summed E-state index contributed by atoms with van der Waals surface area (Å²) in [6, 6.07) is -0.939. The van der Waals surface area contributed by atoms with Crippen LogP contribution in [-0.4, -0.2) is 42.0 Å². The van der Waals surface area contributed by atoms with Gasteiger partial charge in [-0.15, -0.1) is 0 Å². The average molecular weight is 271 g/mol. The summed E-state index contributed by atoms with van der Waals surface area (Å²) in [5, 5.41) is 3.29. The van der Waals surface area contributed by atoms with E-state index in [0.717, 1.165) is 11.2 Å². The molecule has 0 saturated heterocycles. The number of nitrogens with two attached hydrogens (primary N) is 3. The number of nitrogens with one attached hydrogen (secondary N) is 1. The van der Waals surface area contributed by atoms with Crippen molar-refractivity contribution < 1.29 is 19.2 Å². The summed E-state index contributed by atoms with van der Waals surface area (Å²) in [5.74, 6) is 2.78. The SMILES string of the molecule is CN(N)/C(=C\N)C(=O)NC(C=O)CCC(=O)C(N)=O. The van der Waals surface area contributed by atoms with E-state index in [-0.39, 0.29) is 18.5 Å². The lowest BCUT2D eigenvalue weighted by atomic mass is 10.1. The lowest BCUT2D eigenvalue weighted by Gasteiger charge is -2.18. The molecule has 0 aromatic heterocycles. The van der Waals surface area contributed by atoms with Crippen LogP contribution in [0.2, 0.25) is 0 Å². The summed E-state index contributed by atoms with van der Waals surface area (Å²) in [6.45, 7) is 0. The standard InChI is InChI=1S/C10H17N5O4/c1-15(13)7(4-11)10(19)14-6(5-16)2-3-8(17)9(12)18/h4-6H,2-3,11,13H2,1H3,(H2,12,18)(H,14,19)/b7-4-. The van der Waals surface area contributed by atoms with Gasteiger partial charge in [-0.2, -0.15) is 0 Å². The minimum Gasteiger partial charge on any atom is -0.403 e. The molecule has 0 heterocycles. The molecule has 0 saturated carbocycles. The van der Waals surface area contributed by atoms with Crippen molar-refractivity contribution in [3.63, 3.8) is 0 Å². The number of carbonyl (C=O) groups excluding carboxylic acids is 4. The van der Waals surface area contributed by atoms with Crippen LogP contribution in [0.1, 0.15) is 12.8 Å². The molecule has 0 aliphatic carbocycles. The first-order valence-corrected chi connectivity index (χ1v) is 5.32. The third-order valence-electron chi connectivity index (χ3n) is 2.21. The number of rotatable bonds is 8. The highest BCUT2D eigenvalue weighted by molar-refractivity contribution is 6.35. The Kier molecular flexibility index (Phi) is 6.82. The summed E-state index contributed by atoms with van der Waals surface area (Å²) >= 11 is 0. The molecule has 0 aromatic rings. The third kappa shape index (κ3) is 5.64. The lowest BCUT2D eigenvalue weighted by Crippen LogP contribution is -2.43. The molecule has 2 amide bonds. The molecule has 19 heavy (non-hydrogen) atoms. The number of hydrogen-bond donors (Lipinski definition) is 4. The zero-order valence-corrected chi connectivity index (χ0v) is 10.5. The molecule has 0 rings (SSSR count). The van der Waals surface area contributed by atoms with Crippen LogP contribution in [0.4, 0.5) is 0 Å². The summed E-state index contributed by atoms with van der Waals surface area (Å²) in [7, 11) is 1.39. The van der Waals surface area contributed by atoms with E-state index in [1.807, 2.05) is 0 Å². The Morgan fingerprint density at radius 1 is 1.37 bits per heavy atom. The average Bonchev–Trinajstić information content (AvgIpc) is 2.33. The number of ketones is 1. The Balaban J connectivity index is 4.49. The van der Waals surface area contributed by atoms with Crippen molar-refractivity contribution in [2.45, 2.75) is 18.9 Å². The number of likely N-dealkylation sites (N-methyl/N-ethyl adjacent to an activating group) is 1. The van der Waals surface area contributed by atoms with Gasteiger partial charge in [-0.05, 0) is 6.42 Å². The molecule has 9 nitrogen and oxygen atoms in total. The smallest absolute Gasteiger partial charge is 0.284 e. The van der Waals surface area contributed by atoms with Crippen LogP contribution in [0.3, 0.4) is 0 Å². The number of carbonyl (C=O) groups is 4. The zero-order valence-electron chi connectivity index (χ0n) is 10.5. The molecule has 0 bridgehead atoms. The second-order valence-corrected chi connectivity index (χ2v) is 3.70. The van der Waals surface area contributed by atoms with Crippen LogP contribution in [0.5, 0.6) is 0 Å². The number of aldehydes is 1. The van der Waals surface area contributed by atoms with E-state index in [4.69, 9.17) is 17.3 Å². The number of amides is 2. The van der Waals surface area contributed by atoms with E-state index in [9.17, 15) is 19.2 Å². The largest absolute Gasteiger partial charge is 0.403 e. The number of hydrazine groups is 1. The van der Waals surface area contributed by atoms with E-state index >= 15 is 0 Å². The number of primary amides is 1. The van der Waals surface area contributed by atoms with Gasteiger partial charge in [0.05, 0.1) is 6.04 Å². The highest BCUT2D eigenvalue weighted by Crippen LogP contribution is 2.00. The van der Waals surface area contributed by atoms with Gasteiger partial charge in [0, 0.05) is 19.7 Å². The van der Waals surface area contributed by atoms with Gasteiger partial charge in [0.2, 0.25) is 5.78 Å². The normalized spacial score (nSPS) is 12.4. The van der Waals surface area contributed by atoms with E-state index in [0.29, 0.717) is 6.29 Å². The molecule has 0 fully saturated rings. The maximum absolute atomic E-state index is 11.6. The van der Waals surface area contributed by atoms with Gasteiger partial charge in [0.15, 0.2) is 0 Å². The van der Waals surface area contributed by atoms with Gasteiger partial charge < -0.3 is 26.6 Å². The van der Waals surface area contributed by atoms with Crippen LogP contribution < -0.4 is 22.6 Å². The first kappa shape index (κ1) is 16.6. The summed E-state index contributed by atoms with van der Waals surface area (Å²) < 4.78 is 0. The Morgan fingerprint density at radius 3 is 2.32 bits per heavy atom. The first-order valence-electron chi connectivity index (χ1n) is 5.32. The van der Waals surface area contributed by atoms with Crippen LogP contribution >= 0.6 is 0 Å². The van der Waals surface area contributed by atoms with Crippen molar-refractivity contribution >= 4 is 23.9 Å². The fourth-order valence-electron chi connectivity index (χ4n) is 1.18. The van der Waals surface area contributed by atoms with E-state index < -0.39 is 23.6 Å². The number of hydrogen-bond acceptors (Lipinski definition) is 7. The zero-order chi connectivity index (χ0) is 15.0. The topological polar surface area (TPSA) is 162 Å². The van der Waals surface area contributed by atoms with Crippen LogP contribution in [-0.2, 0) is 19.2 Å². The fraction of sp³-hybridized carbons (Fsp3) is 0.400.